The van der Waals surface area contributed by atoms with E-state index in [-0.39, 0.29) is 0 Å². The molecule has 1 aromatic heterocycles. The topological polar surface area (TPSA) is 25.2 Å². The highest BCUT2D eigenvalue weighted by Crippen LogP contribution is 2.27. The van der Waals surface area contributed by atoms with Gasteiger partial charge in [-0.05, 0) is 34.5 Å². The summed E-state index contributed by atoms with van der Waals surface area (Å²) in [7, 11) is 2.00. The maximum atomic E-state index is 9.46. The van der Waals surface area contributed by atoms with E-state index in [9.17, 15) is 5.11 Å². The molecule has 0 aliphatic heterocycles. The van der Waals surface area contributed by atoms with Gasteiger partial charge in [0, 0.05) is 28.6 Å². The van der Waals surface area contributed by atoms with Crippen molar-refractivity contribution in [2.45, 2.75) is 13.0 Å². The number of aliphatic hydroxyl groups excluding tert-OH is 1. The van der Waals surface area contributed by atoms with E-state index in [4.69, 9.17) is 0 Å². The van der Waals surface area contributed by atoms with Gasteiger partial charge in [-0.15, -0.1) is 0 Å². The molecule has 0 radical (unpaired) electrons. The van der Waals surface area contributed by atoms with Gasteiger partial charge in [-0.3, -0.25) is 0 Å². The Balaban J connectivity index is 2.71. The van der Waals surface area contributed by atoms with E-state index in [2.05, 4.69) is 15.9 Å². The largest absolute Gasteiger partial charge is 0.389 e. The molecule has 0 fully saturated rings. The van der Waals surface area contributed by atoms with Crippen LogP contribution in [0, 0.1) is 0 Å². The van der Waals surface area contributed by atoms with Crippen LogP contribution in [0.2, 0.25) is 0 Å². The Morgan fingerprint density at radius 3 is 2.79 bits per heavy atom. The number of fused-ring (bicyclic) bond motifs is 1. The number of benzene rings is 1. The molecular formula is C11H12BrNO. The Labute approximate surface area is 91.3 Å². The number of aromatic nitrogens is 1. The molecule has 1 atom stereocenters. The molecule has 1 aromatic carbocycles. The van der Waals surface area contributed by atoms with Gasteiger partial charge < -0.3 is 9.67 Å². The summed E-state index contributed by atoms with van der Waals surface area (Å²) >= 11 is 3.50. The highest BCUT2D eigenvalue weighted by Gasteiger charge is 2.07. The van der Waals surface area contributed by atoms with E-state index >= 15 is 0 Å². The predicted octanol–water partition coefficient (Wildman–Crippen LogP) is 2.99. The van der Waals surface area contributed by atoms with Gasteiger partial charge in [0.15, 0.2) is 0 Å². The van der Waals surface area contributed by atoms with E-state index in [1.807, 2.05) is 36.0 Å². The second-order valence-corrected chi connectivity index (χ2v) is 4.39. The maximum absolute atomic E-state index is 9.46. The van der Waals surface area contributed by atoms with Gasteiger partial charge in [-0.1, -0.05) is 12.1 Å². The zero-order valence-corrected chi connectivity index (χ0v) is 9.75. The highest BCUT2D eigenvalue weighted by atomic mass is 79.9. The molecule has 0 aliphatic rings. The first-order chi connectivity index (χ1) is 6.59. The van der Waals surface area contributed by atoms with Crippen LogP contribution in [-0.4, -0.2) is 9.67 Å². The summed E-state index contributed by atoms with van der Waals surface area (Å²) in [6.45, 7) is 1.78. The Morgan fingerprint density at radius 2 is 2.14 bits per heavy atom. The lowest BCUT2D eigenvalue weighted by Crippen LogP contribution is -1.91. The van der Waals surface area contributed by atoms with Crippen LogP contribution < -0.4 is 0 Å². The second-order valence-electron chi connectivity index (χ2n) is 3.54. The number of nitrogens with zero attached hydrogens (tertiary/aromatic N) is 1. The smallest absolute Gasteiger partial charge is 0.0762 e. The third kappa shape index (κ3) is 1.47. The van der Waals surface area contributed by atoms with Crippen LogP contribution in [0.3, 0.4) is 0 Å². The minimum absolute atomic E-state index is 0.409. The quantitative estimate of drug-likeness (QED) is 0.831. The fraction of sp³-hybridized carbons (Fsp3) is 0.273. The Hall–Kier alpha value is -0.800. The molecule has 0 bridgehead atoms. The first kappa shape index (κ1) is 9.74. The molecule has 3 heteroatoms. The van der Waals surface area contributed by atoms with Crippen molar-refractivity contribution in [2.75, 3.05) is 0 Å². The fourth-order valence-corrected chi connectivity index (χ4v) is 2.25. The van der Waals surface area contributed by atoms with E-state index in [0.29, 0.717) is 0 Å². The molecule has 0 aliphatic carbocycles. The van der Waals surface area contributed by atoms with Crippen LogP contribution in [0.5, 0.6) is 0 Å². The monoisotopic (exact) mass is 253 g/mol. The number of hydrogen-bond acceptors (Lipinski definition) is 1. The van der Waals surface area contributed by atoms with Crippen molar-refractivity contribution < 1.29 is 5.11 Å². The summed E-state index contributed by atoms with van der Waals surface area (Å²) in [6.07, 6.45) is 1.62. The maximum Gasteiger partial charge on any atom is 0.0762 e. The Kier molecular flexibility index (Phi) is 2.37. The van der Waals surface area contributed by atoms with Gasteiger partial charge in [0.05, 0.1) is 6.10 Å². The molecule has 2 nitrogen and oxygen atoms in total. The molecule has 2 rings (SSSR count). The number of aryl methyl sites for hydroxylation is 1. The number of hydrogen-bond donors (Lipinski definition) is 1. The van der Waals surface area contributed by atoms with Crippen molar-refractivity contribution >= 4 is 26.8 Å². The highest BCUT2D eigenvalue weighted by molar-refractivity contribution is 9.10. The molecule has 2 aromatic rings. The summed E-state index contributed by atoms with van der Waals surface area (Å²) in [5.41, 5.74) is 2.08. The summed E-state index contributed by atoms with van der Waals surface area (Å²) < 4.78 is 3.14. The number of halogens is 1. The minimum atomic E-state index is -0.409. The van der Waals surface area contributed by atoms with Gasteiger partial charge in [-0.25, -0.2) is 0 Å². The SMILES string of the molecule is CC(O)c1ccc2c(Br)cn(C)c2c1. The standard InChI is InChI=1S/C11H12BrNO/c1-7(14)8-3-4-9-10(12)6-13(2)11(9)5-8/h3-7,14H,1-2H3. The average Bonchev–Trinajstić information content (AvgIpc) is 2.42. The van der Waals surface area contributed by atoms with Gasteiger partial charge in [0.2, 0.25) is 0 Å². The van der Waals surface area contributed by atoms with E-state index in [1.54, 1.807) is 6.92 Å². The van der Waals surface area contributed by atoms with Crippen molar-refractivity contribution in [3.8, 4) is 0 Å². The lowest BCUT2D eigenvalue weighted by atomic mass is 10.1. The zero-order chi connectivity index (χ0) is 10.3. The molecule has 0 saturated heterocycles. The van der Waals surface area contributed by atoms with Crippen molar-refractivity contribution in [1.82, 2.24) is 4.57 Å². The first-order valence-electron chi connectivity index (χ1n) is 4.52. The molecule has 74 valence electrons. The molecule has 0 amide bonds. The van der Waals surface area contributed by atoms with Crippen molar-refractivity contribution in [3.05, 3.63) is 34.4 Å². The molecule has 0 spiro atoms. The molecule has 0 saturated carbocycles. The van der Waals surface area contributed by atoms with Crippen molar-refractivity contribution in [3.63, 3.8) is 0 Å². The third-order valence-electron chi connectivity index (χ3n) is 2.45. The number of rotatable bonds is 1. The predicted molar refractivity (Wildman–Crippen MR) is 61.3 cm³/mol. The van der Waals surface area contributed by atoms with Crippen molar-refractivity contribution in [1.29, 1.82) is 0 Å². The van der Waals surface area contributed by atoms with Crippen LogP contribution in [-0.2, 0) is 7.05 Å². The summed E-state index contributed by atoms with van der Waals surface area (Å²) in [6, 6.07) is 6.00. The van der Waals surface area contributed by atoms with E-state index in [0.717, 1.165) is 15.6 Å². The minimum Gasteiger partial charge on any atom is -0.389 e. The second kappa shape index (κ2) is 3.41. The Morgan fingerprint density at radius 1 is 1.43 bits per heavy atom. The summed E-state index contributed by atoms with van der Waals surface area (Å²) in [5.74, 6) is 0. The lowest BCUT2D eigenvalue weighted by Gasteiger charge is -2.05. The van der Waals surface area contributed by atoms with Crippen molar-refractivity contribution in [2.24, 2.45) is 7.05 Å². The molecule has 1 unspecified atom stereocenters. The molecule has 1 N–H and O–H groups in total. The summed E-state index contributed by atoms with van der Waals surface area (Å²) in [5, 5.41) is 10.6. The Bertz CT molecular complexity index is 473. The van der Waals surface area contributed by atoms with Gasteiger partial charge in [0.1, 0.15) is 0 Å². The van der Waals surface area contributed by atoms with Gasteiger partial charge in [-0.2, -0.15) is 0 Å². The first-order valence-corrected chi connectivity index (χ1v) is 5.31. The zero-order valence-electron chi connectivity index (χ0n) is 8.16. The average molecular weight is 254 g/mol. The molecule has 1 heterocycles. The molecular weight excluding hydrogens is 242 g/mol. The lowest BCUT2D eigenvalue weighted by molar-refractivity contribution is 0.199. The van der Waals surface area contributed by atoms with Crippen LogP contribution >= 0.6 is 15.9 Å². The van der Waals surface area contributed by atoms with Crippen LogP contribution in [0.1, 0.15) is 18.6 Å². The van der Waals surface area contributed by atoms with E-state index in [1.165, 1.54) is 5.39 Å². The fourth-order valence-electron chi connectivity index (χ4n) is 1.61. The van der Waals surface area contributed by atoms with Crippen LogP contribution in [0.4, 0.5) is 0 Å². The van der Waals surface area contributed by atoms with Crippen LogP contribution in [0.25, 0.3) is 10.9 Å². The van der Waals surface area contributed by atoms with Crippen LogP contribution in [0.15, 0.2) is 28.9 Å². The normalized spacial score (nSPS) is 13.4. The van der Waals surface area contributed by atoms with Gasteiger partial charge in [0.25, 0.3) is 0 Å². The molecule has 14 heavy (non-hydrogen) atoms. The van der Waals surface area contributed by atoms with E-state index < -0.39 is 6.10 Å². The third-order valence-corrected chi connectivity index (χ3v) is 3.08. The van der Waals surface area contributed by atoms with Gasteiger partial charge >= 0.3 is 0 Å². The number of aliphatic hydroxyl groups is 1. The summed E-state index contributed by atoms with van der Waals surface area (Å²) in [4.78, 5) is 0.